The molecule has 0 aromatic rings. The van der Waals surface area contributed by atoms with Gasteiger partial charge in [-0.25, -0.2) is 0 Å². The van der Waals surface area contributed by atoms with Crippen molar-refractivity contribution in [3.05, 3.63) is 0 Å². The van der Waals surface area contributed by atoms with E-state index in [1.54, 1.807) is 0 Å². The third-order valence-corrected chi connectivity index (χ3v) is 3.28. The van der Waals surface area contributed by atoms with Gasteiger partial charge in [-0.05, 0) is 24.7 Å². The molecule has 1 saturated carbocycles. The molecule has 0 aromatic carbocycles. The second kappa shape index (κ2) is 3.35. The summed E-state index contributed by atoms with van der Waals surface area (Å²) < 4.78 is 10.7. The highest BCUT2D eigenvalue weighted by Crippen LogP contribution is 2.43. The van der Waals surface area contributed by atoms with E-state index in [1.807, 2.05) is 0 Å². The lowest BCUT2D eigenvalue weighted by molar-refractivity contribution is -0.0133. The third-order valence-electron chi connectivity index (χ3n) is 3.28. The molecule has 2 rings (SSSR count). The normalized spacial score (nSPS) is 31.2. The largest absolute Gasteiger partial charge is 0.378 e. The van der Waals surface area contributed by atoms with Crippen molar-refractivity contribution < 1.29 is 9.47 Å². The van der Waals surface area contributed by atoms with Gasteiger partial charge < -0.3 is 9.47 Å². The summed E-state index contributed by atoms with van der Waals surface area (Å²) in [4.78, 5) is 0. The Morgan fingerprint density at radius 1 is 1.50 bits per heavy atom. The maximum Gasteiger partial charge on any atom is 0.104 e. The molecule has 1 heterocycles. The van der Waals surface area contributed by atoms with Crippen molar-refractivity contribution in [2.45, 2.75) is 38.7 Å². The molecule has 1 aliphatic carbocycles. The molecule has 0 N–H and O–H groups in total. The van der Waals surface area contributed by atoms with E-state index in [0.717, 1.165) is 19.8 Å². The van der Waals surface area contributed by atoms with Crippen molar-refractivity contribution in [3.63, 3.8) is 0 Å². The smallest absolute Gasteiger partial charge is 0.104 e. The zero-order chi connectivity index (χ0) is 8.44. The van der Waals surface area contributed by atoms with Crippen molar-refractivity contribution in [2.24, 2.45) is 5.41 Å². The first-order valence-electron chi connectivity index (χ1n) is 5.04. The summed E-state index contributed by atoms with van der Waals surface area (Å²) in [5, 5.41) is 0. The highest BCUT2D eigenvalue weighted by Gasteiger charge is 2.35. The van der Waals surface area contributed by atoms with E-state index in [4.69, 9.17) is 9.47 Å². The Bertz CT molecular complexity index is 142. The molecule has 1 unspecified atom stereocenters. The van der Waals surface area contributed by atoms with Gasteiger partial charge in [-0.2, -0.15) is 0 Å². The van der Waals surface area contributed by atoms with Gasteiger partial charge in [0.15, 0.2) is 0 Å². The number of epoxide rings is 1. The van der Waals surface area contributed by atoms with Crippen LogP contribution in [0.4, 0.5) is 0 Å². The summed E-state index contributed by atoms with van der Waals surface area (Å²) in [6.45, 7) is 4.97. The van der Waals surface area contributed by atoms with Crippen LogP contribution in [0.25, 0.3) is 0 Å². The number of ether oxygens (including phenoxy) is 2. The minimum Gasteiger partial charge on any atom is -0.378 e. The van der Waals surface area contributed by atoms with Crippen LogP contribution >= 0.6 is 0 Å². The first-order chi connectivity index (χ1) is 5.85. The summed E-state index contributed by atoms with van der Waals surface area (Å²) in [5.74, 6) is 0. The van der Waals surface area contributed by atoms with E-state index >= 15 is 0 Å². The van der Waals surface area contributed by atoms with Crippen molar-refractivity contribution in [2.75, 3.05) is 19.8 Å². The first kappa shape index (κ1) is 8.52. The van der Waals surface area contributed by atoms with Gasteiger partial charge >= 0.3 is 0 Å². The molecular weight excluding hydrogens is 152 g/mol. The zero-order valence-corrected chi connectivity index (χ0v) is 7.84. The summed E-state index contributed by atoms with van der Waals surface area (Å²) in [7, 11) is 0. The van der Waals surface area contributed by atoms with Gasteiger partial charge in [0.25, 0.3) is 0 Å². The van der Waals surface area contributed by atoms with Crippen LogP contribution in [0.15, 0.2) is 0 Å². The molecular formula is C10H18O2. The van der Waals surface area contributed by atoms with Crippen LogP contribution in [0.1, 0.15) is 32.6 Å². The van der Waals surface area contributed by atoms with Gasteiger partial charge in [0, 0.05) is 0 Å². The fourth-order valence-corrected chi connectivity index (χ4v) is 1.85. The molecule has 0 spiro atoms. The van der Waals surface area contributed by atoms with E-state index in [9.17, 15) is 0 Å². The van der Waals surface area contributed by atoms with Crippen LogP contribution in [0.3, 0.4) is 0 Å². The maximum absolute atomic E-state index is 5.63. The third kappa shape index (κ3) is 1.80. The highest BCUT2D eigenvalue weighted by atomic mass is 16.6. The molecule has 2 aliphatic rings. The lowest BCUT2D eigenvalue weighted by Crippen LogP contribution is -2.34. The predicted molar refractivity (Wildman–Crippen MR) is 47.1 cm³/mol. The minimum atomic E-state index is 0.430. The van der Waals surface area contributed by atoms with Crippen LogP contribution in [0.5, 0.6) is 0 Å². The Morgan fingerprint density at radius 3 is 2.67 bits per heavy atom. The van der Waals surface area contributed by atoms with Crippen LogP contribution in [-0.4, -0.2) is 25.9 Å². The topological polar surface area (TPSA) is 21.8 Å². The van der Waals surface area contributed by atoms with E-state index in [1.165, 1.54) is 25.7 Å². The fourth-order valence-electron chi connectivity index (χ4n) is 1.85. The molecule has 0 bridgehead atoms. The summed E-state index contributed by atoms with van der Waals surface area (Å²) in [6, 6.07) is 0. The van der Waals surface area contributed by atoms with Crippen LogP contribution in [0, 0.1) is 5.41 Å². The van der Waals surface area contributed by atoms with Crippen LogP contribution in [-0.2, 0) is 9.47 Å². The molecule has 1 saturated heterocycles. The molecule has 1 aliphatic heterocycles. The average Bonchev–Trinajstić information content (AvgIpc) is 2.78. The van der Waals surface area contributed by atoms with E-state index < -0.39 is 0 Å². The van der Waals surface area contributed by atoms with Crippen molar-refractivity contribution in [1.82, 2.24) is 0 Å². The Kier molecular flexibility index (Phi) is 2.37. The molecule has 0 aromatic heterocycles. The van der Waals surface area contributed by atoms with Crippen molar-refractivity contribution >= 4 is 0 Å². The Hall–Kier alpha value is -0.0800. The van der Waals surface area contributed by atoms with Gasteiger partial charge in [-0.1, -0.05) is 13.3 Å². The average molecular weight is 170 g/mol. The van der Waals surface area contributed by atoms with Gasteiger partial charge in [-0.15, -0.1) is 0 Å². The number of hydrogen-bond acceptors (Lipinski definition) is 2. The molecule has 0 radical (unpaired) electrons. The standard InChI is InChI=1S/C10H18O2/c1-2-10(4-3-5-10)8-11-6-9-7-12-9/h9H,2-8H2,1H3. The monoisotopic (exact) mass is 170 g/mol. The molecule has 2 fully saturated rings. The summed E-state index contributed by atoms with van der Waals surface area (Å²) >= 11 is 0. The predicted octanol–water partition coefficient (Wildman–Crippen LogP) is 1.98. The van der Waals surface area contributed by atoms with Gasteiger partial charge in [-0.3, -0.25) is 0 Å². The van der Waals surface area contributed by atoms with Gasteiger partial charge in [0.1, 0.15) is 6.10 Å². The Morgan fingerprint density at radius 2 is 2.25 bits per heavy atom. The van der Waals surface area contributed by atoms with Crippen LogP contribution in [0.2, 0.25) is 0 Å². The van der Waals surface area contributed by atoms with E-state index in [0.29, 0.717) is 11.5 Å². The molecule has 2 heteroatoms. The van der Waals surface area contributed by atoms with E-state index in [2.05, 4.69) is 6.92 Å². The molecule has 0 amide bonds. The SMILES string of the molecule is CCC1(COCC2CO2)CCC1. The lowest BCUT2D eigenvalue weighted by atomic mass is 9.68. The first-order valence-corrected chi connectivity index (χ1v) is 5.04. The van der Waals surface area contributed by atoms with Crippen LogP contribution < -0.4 is 0 Å². The van der Waals surface area contributed by atoms with Gasteiger partial charge in [0.2, 0.25) is 0 Å². The molecule has 12 heavy (non-hydrogen) atoms. The zero-order valence-electron chi connectivity index (χ0n) is 7.84. The summed E-state index contributed by atoms with van der Waals surface area (Å²) in [5.41, 5.74) is 0.550. The van der Waals surface area contributed by atoms with Crippen molar-refractivity contribution in [1.29, 1.82) is 0 Å². The van der Waals surface area contributed by atoms with Gasteiger partial charge in [0.05, 0.1) is 19.8 Å². The Balaban J connectivity index is 1.62. The second-order valence-electron chi connectivity index (χ2n) is 4.18. The second-order valence-corrected chi connectivity index (χ2v) is 4.18. The minimum absolute atomic E-state index is 0.430. The lowest BCUT2D eigenvalue weighted by Gasteiger charge is -2.40. The van der Waals surface area contributed by atoms with Crippen molar-refractivity contribution in [3.8, 4) is 0 Å². The molecule has 1 atom stereocenters. The number of hydrogen-bond donors (Lipinski definition) is 0. The Labute approximate surface area is 74.2 Å². The number of rotatable bonds is 5. The molecule has 2 nitrogen and oxygen atoms in total. The maximum atomic E-state index is 5.63. The quantitative estimate of drug-likeness (QED) is 0.588. The summed E-state index contributed by atoms with van der Waals surface area (Å²) in [6.07, 6.45) is 5.85. The highest BCUT2D eigenvalue weighted by molar-refractivity contribution is 4.86. The fraction of sp³-hybridized carbons (Fsp3) is 1.00. The van der Waals surface area contributed by atoms with E-state index in [-0.39, 0.29) is 0 Å². The molecule has 70 valence electrons.